The molecule has 19 heavy (non-hydrogen) atoms. The molecule has 114 valence electrons. The Labute approximate surface area is 119 Å². The van der Waals surface area contributed by atoms with Crippen molar-refractivity contribution in [3.63, 3.8) is 0 Å². The molecular formula is C16H33NO2. The van der Waals surface area contributed by atoms with E-state index in [2.05, 4.69) is 6.92 Å². The van der Waals surface area contributed by atoms with Gasteiger partial charge in [0, 0.05) is 0 Å². The maximum atomic E-state index is 11.5. The molecule has 0 saturated carbocycles. The highest BCUT2D eigenvalue weighted by molar-refractivity contribution is 5.78. The smallest absolute Gasteiger partial charge is 0.324 e. The third kappa shape index (κ3) is 6.42. The van der Waals surface area contributed by atoms with Gasteiger partial charge in [0.25, 0.3) is 0 Å². The molecule has 0 fully saturated rings. The summed E-state index contributed by atoms with van der Waals surface area (Å²) in [5.74, 6) is -0.678. The van der Waals surface area contributed by atoms with Gasteiger partial charge in [0.15, 0.2) is 0 Å². The summed E-state index contributed by atoms with van der Waals surface area (Å²) in [6, 6.07) is 0. The second kappa shape index (κ2) is 10.2. The lowest BCUT2D eigenvalue weighted by Crippen LogP contribution is -2.50. The molecule has 0 aliphatic heterocycles. The fourth-order valence-electron chi connectivity index (χ4n) is 2.72. The molecule has 1 N–H and O–H groups in total. The monoisotopic (exact) mass is 271 g/mol. The van der Waals surface area contributed by atoms with E-state index in [0.717, 1.165) is 19.3 Å². The average Bonchev–Trinajstić information content (AvgIpc) is 2.36. The summed E-state index contributed by atoms with van der Waals surface area (Å²) in [7, 11) is 3.75. The summed E-state index contributed by atoms with van der Waals surface area (Å²) in [4.78, 5) is 13.4. The lowest BCUT2D eigenvalue weighted by molar-refractivity contribution is -0.150. The highest BCUT2D eigenvalue weighted by Gasteiger charge is 2.38. The molecule has 3 heteroatoms. The van der Waals surface area contributed by atoms with Crippen LogP contribution in [0.2, 0.25) is 0 Å². The third-order valence-electron chi connectivity index (χ3n) is 4.28. The molecule has 0 bridgehead atoms. The molecule has 0 aromatic carbocycles. The summed E-state index contributed by atoms with van der Waals surface area (Å²) >= 11 is 0. The number of rotatable bonds is 12. The van der Waals surface area contributed by atoms with Gasteiger partial charge in [-0.2, -0.15) is 0 Å². The highest BCUT2D eigenvalue weighted by Crippen LogP contribution is 2.25. The van der Waals surface area contributed by atoms with Crippen LogP contribution in [-0.4, -0.2) is 35.6 Å². The van der Waals surface area contributed by atoms with E-state index in [0.29, 0.717) is 6.42 Å². The molecule has 0 rings (SSSR count). The van der Waals surface area contributed by atoms with Crippen LogP contribution in [0.1, 0.15) is 78.1 Å². The summed E-state index contributed by atoms with van der Waals surface area (Å²) < 4.78 is 0. The van der Waals surface area contributed by atoms with Crippen molar-refractivity contribution in [2.24, 2.45) is 0 Å². The van der Waals surface area contributed by atoms with Gasteiger partial charge in [-0.15, -0.1) is 0 Å². The van der Waals surface area contributed by atoms with E-state index in [4.69, 9.17) is 0 Å². The van der Waals surface area contributed by atoms with Crippen LogP contribution >= 0.6 is 0 Å². The van der Waals surface area contributed by atoms with Gasteiger partial charge in [0.05, 0.1) is 0 Å². The van der Waals surface area contributed by atoms with Gasteiger partial charge in [0.1, 0.15) is 5.54 Å². The van der Waals surface area contributed by atoms with Gasteiger partial charge in [-0.25, -0.2) is 0 Å². The van der Waals surface area contributed by atoms with E-state index < -0.39 is 11.5 Å². The fraction of sp³-hybridized carbons (Fsp3) is 0.938. The lowest BCUT2D eigenvalue weighted by atomic mass is 9.88. The molecule has 1 atom stereocenters. The van der Waals surface area contributed by atoms with Gasteiger partial charge in [-0.3, -0.25) is 9.69 Å². The van der Waals surface area contributed by atoms with Crippen molar-refractivity contribution in [3.05, 3.63) is 0 Å². The minimum absolute atomic E-state index is 0.664. The van der Waals surface area contributed by atoms with E-state index >= 15 is 0 Å². The molecule has 0 radical (unpaired) electrons. The fourth-order valence-corrected chi connectivity index (χ4v) is 2.72. The second-order valence-corrected chi connectivity index (χ2v) is 5.81. The first-order valence-electron chi connectivity index (χ1n) is 7.92. The Morgan fingerprint density at radius 3 is 1.79 bits per heavy atom. The number of hydrogen-bond donors (Lipinski definition) is 1. The van der Waals surface area contributed by atoms with E-state index in [-0.39, 0.29) is 0 Å². The predicted molar refractivity (Wildman–Crippen MR) is 81.6 cm³/mol. The van der Waals surface area contributed by atoms with E-state index in [1.807, 2.05) is 25.9 Å². The number of hydrogen-bond acceptors (Lipinski definition) is 2. The Bertz CT molecular complexity index is 241. The van der Waals surface area contributed by atoms with Crippen LogP contribution in [0.25, 0.3) is 0 Å². The van der Waals surface area contributed by atoms with Crippen molar-refractivity contribution in [1.29, 1.82) is 0 Å². The molecule has 0 aromatic rings. The normalized spacial score (nSPS) is 14.6. The topological polar surface area (TPSA) is 40.5 Å². The number of nitrogens with zero attached hydrogens (tertiary/aromatic N) is 1. The quantitative estimate of drug-likeness (QED) is 0.538. The third-order valence-corrected chi connectivity index (χ3v) is 4.28. The highest BCUT2D eigenvalue weighted by atomic mass is 16.4. The minimum Gasteiger partial charge on any atom is -0.480 e. The summed E-state index contributed by atoms with van der Waals surface area (Å²) in [5, 5.41) is 9.45. The SMILES string of the molecule is CCCCCCCCCCC(CC)(C(=O)O)N(C)C. The van der Waals surface area contributed by atoms with Crippen LogP contribution in [-0.2, 0) is 4.79 Å². The molecule has 0 amide bonds. The Balaban J connectivity index is 3.86. The predicted octanol–water partition coefficient (Wildman–Crippen LogP) is 4.31. The molecule has 1 unspecified atom stereocenters. The molecule has 0 spiro atoms. The number of unbranched alkanes of at least 4 members (excludes halogenated alkanes) is 7. The van der Waals surface area contributed by atoms with Gasteiger partial charge in [0.2, 0.25) is 0 Å². The van der Waals surface area contributed by atoms with E-state index in [1.165, 1.54) is 38.5 Å². The summed E-state index contributed by atoms with van der Waals surface area (Å²) in [5.41, 5.74) is -0.664. The number of carboxylic acid groups (broad SMARTS) is 1. The van der Waals surface area contributed by atoms with Crippen molar-refractivity contribution in [1.82, 2.24) is 4.90 Å². The van der Waals surface area contributed by atoms with Crippen LogP contribution in [0.3, 0.4) is 0 Å². The number of aliphatic carboxylic acids is 1. The lowest BCUT2D eigenvalue weighted by Gasteiger charge is -2.35. The van der Waals surface area contributed by atoms with Gasteiger partial charge in [-0.05, 0) is 26.9 Å². The first-order chi connectivity index (χ1) is 9.01. The Morgan fingerprint density at radius 2 is 1.42 bits per heavy atom. The number of carboxylic acids is 1. The van der Waals surface area contributed by atoms with Crippen molar-refractivity contribution in [2.45, 2.75) is 83.6 Å². The van der Waals surface area contributed by atoms with Gasteiger partial charge < -0.3 is 5.11 Å². The zero-order valence-electron chi connectivity index (χ0n) is 13.4. The largest absolute Gasteiger partial charge is 0.480 e. The van der Waals surface area contributed by atoms with Gasteiger partial charge >= 0.3 is 5.97 Å². The maximum Gasteiger partial charge on any atom is 0.324 e. The first-order valence-corrected chi connectivity index (χ1v) is 7.92. The minimum atomic E-state index is -0.678. The van der Waals surface area contributed by atoms with E-state index in [9.17, 15) is 9.90 Å². The summed E-state index contributed by atoms with van der Waals surface area (Å²) in [6.07, 6.45) is 11.5. The molecule has 3 nitrogen and oxygen atoms in total. The van der Waals surface area contributed by atoms with Crippen molar-refractivity contribution in [2.75, 3.05) is 14.1 Å². The van der Waals surface area contributed by atoms with Crippen LogP contribution in [0.5, 0.6) is 0 Å². The van der Waals surface area contributed by atoms with Crippen LogP contribution in [0, 0.1) is 0 Å². The first kappa shape index (κ1) is 18.4. The zero-order chi connectivity index (χ0) is 14.7. The number of carbonyl (C=O) groups is 1. The maximum absolute atomic E-state index is 11.5. The Hall–Kier alpha value is -0.570. The zero-order valence-corrected chi connectivity index (χ0v) is 13.4. The Kier molecular flexibility index (Phi) is 9.94. The van der Waals surface area contributed by atoms with Gasteiger partial charge in [-0.1, -0.05) is 65.2 Å². The number of likely N-dealkylation sites (N-methyl/N-ethyl adjacent to an activating group) is 1. The molecule has 0 aromatic heterocycles. The van der Waals surface area contributed by atoms with Crippen molar-refractivity contribution in [3.8, 4) is 0 Å². The van der Waals surface area contributed by atoms with Crippen LogP contribution < -0.4 is 0 Å². The molecule has 0 aliphatic rings. The van der Waals surface area contributed by atoms with Crippen molar-refractivity contribution >= 4 is 5.97 Å². The molecule has 0 aliphatic carbocycles. The van der Waals surface area contributed by atoms with Crippen LogP contribution in [0.15, 0.2) is 0 Å². The Morgan fingerprint density at radius 1 is 0.947 bits per heavy atom. The van der Waals surface area contributed by atoms with Crippen molar-refractivity contribution < 1.29 is 9.90 Å². The second-order valence-electron chi connectivity index (χ2n) is 5.81. The summed E-state index contributed by atoms with van der Waals surface area (Å²) in [6.45, 7) is 4.20. The standard InChI is InChI=1S/C16H33NO2/c1-5-7-8-9-10-11-12-13-14-16(6-2,15(18)19)17(3)4/h5-14H2,1-4H3,(H,18,19). The molecular weight excluding hydrogens is 238 g/mol. The average molecular weight is 271 g/mol. The van der Waals surface area contributed by atoms with E-state index in [1.54, 1.807) is 0 Å². The molecule has 0 saturated heterocycles. The molecule has 0 heterocycles. The van der Waals surface area contributed by atoms with Crippen LogP contribution in [0.4, 0.5) is 0 Å².